The summed E-state index contributed by atoms with van der Waals surface area (Å²) >= 11 is 6.85. The molecule has 1 unspecified atom stereocenters. The van der Waals surface area contributed by atoms with Crippen molar-refractivity contribution in [3.05, 3.63) is 147 Å². The van der Waals surface area contributed by atoms with E-state index in [4.69, 9.17) is 11.6 Å². The van der Waals surface area contributed by atoms with Crippen LogP contribution in [0.1, 0.15) is 28.3 Å². The Balaban J connectivity index is 1.52. The van der Waals surface area contributed by atoms with Crippen LogP contribution < -0.4 is 10.5 Å². The van der Waals surface area contributed by atoms with Crippen LogP contribution in [0.2, 0.25) is 5.02 Å². The minimum Gasteiger partial charge on any atom is -0.480 e. The number of carbonyl (C=O) groups is 1. The van der Waals surface area contributed by atoms with Gasteiger partial charge in [-0.25, -0.2) is 4.79 Å². The lowest BCUT2D eigenvalue weighted by Gasteiger charge is -2.25. The fourth-order valence-electron chi connectivity index (χ4n) is 6.59. The molecule has 0 fully saturated rings. The number of carboxylic acid groups (broad SMARTS) is 1. The lowest BCUT2D eigenvalue weighted by atomic mass is 9.92. The first-order valence-electron chi connectivity index (χ1n) is 14.7. The molecule has 0 saturated carbocycles. The van der Waals surface area contributed by atoms with E-state index in [9.17, 15) is 27.9 Å². The maximum atomic E-state index is 14.0. The molecule has 0 spiro atoms. The van der Waals surface area contributed by atoms with Crippen molar-refractivity contribution in [2.45, 2.75) is 25.2 Å². The number of hydrogen-bond donors (Lipinski definition) is 1. The van der Waals surface area contributed by atoms with Crippen LogP contribution in [-0.2, 0) is 23.9 Å². The molecule has 0 bridgehead atoms. The van der Waals surface area contributed by atoms with Gasteiger partial charge in [-0.2, -0.15) is 13.2 Å². The van der Waals surface area contributed by atoms with Gasteiger partial charge in [0.2, 0.25) is 0 Å². The largest absolute Gasteiger partial charge is 0.480 e. The summed E-state index contributed by atoms with van der Waals surface area (Å²) in [5.41, 5.74) is 0.959. The number of pyridine rings is 1. The van der Waals surface area contributed by atoms with Gasteiger partial charge in [0, 0.05) is 18.5 Å². The van der Waals surface area contributed by atoms with Crippen LogP contribution in [-0.4, -0.2) is 22.2 Å². The Bertz CT molecular complexity index is 2220. The Kier molecular flexibility index (Phi) is 7.32. The zero-order valence-corrected chi connectivity index (χ0v) is 25.0. The van der Waals surface area contributed by atoms with E-state index in [1.165, 1.54) is 6.07 Å². The zero-order valence-electron chi connectivity index (χ0n) is 24.3. The summed E-state index contributed by atoms with van der Waals surface area (Å²) in [6.45, 7) is 0.139. The number of fused-ring (bicyclic) bond motifs is 3. The number of hydrogen-bond acceptors (Lipinski definition) is 3. The first-order chi connectivity index (χ1) is 22.1. The Morgan fingerprint density at radius 2 is 1.41 bits per heavy atom. The average Bonchev–Trinajstić information content (AvgIpc) is 3.43. The number of aliphatic carboxylic acids is 1. The predicted molar refractivity (Wildman–Crippen MR) is 175 cm³/mol. The molecule has 1 atom stereocenters. The molecule has 1 aliphatic heterocycles. The normalized spacial score (nSPS) is 14.6. The van der Waals surface area contributed by atoms with Crippen LogP contribution in [0.5, 0.6) is 0 Å². The van der Waals surface area contributed by atoms with Gasteiger partial charge in [-0.05, 0) is 55.9 Å². The van der Waals surface area contributed by atoms with Crippen LogP contribution in [0.3, 0.4) is 0 Å². The minimum atomic E-state index is -4.63. The standard InChI is InChI=1S/C37H26ClF3N2O3/c38-33-30(19-24-12-5-10-22-8-1-3-16-28(22)24)32(25-13-7-15-27(18-25)37(39,40)41)34-42(21-31(36(45)46)43(34)35(33)44)20-26-14-6-11-23-9-2-4-17-29(23)26/h1-18,31H,19-21H2,(H,45,46). The number of alkyl halides is 3. The number of anilines is 1. The Labute approximate surface area is 266 Å². The summed E-state index contributed by atoms with van der Waals surface area (Å²) in [4.78, 5) is 28.4. The van der Waals surface area contributed by atoms with Crippen molar-refractivity contribution in [2.75, 3.05) is 11.4 Å². The highest BCUT2D eigenvalue weighted by atomic mass is 35.5. The topological polar surface area (TPSA) is 62.5 Å². The monoisotopic (exact) mass is 638 g/mol. The first kappa shape index (κ1) is 29.6. The van der Waals surface area contributed by atoms with E-state index in [-0.39, 0.29) is 35.9 Å². The molecular formula is C37H26ClF3N2O3. The van der Waals surface area contributed by atoms with Gasteiger partial charge in [0.1, 0.15) is 10.8 Å². The van der Waals surface area contributed by atoms with Crippen molar-refractivity contribution in [1.29, 1.82) is 0 Å². The number of halogens is 4. The van der Waals surface area contributed by atoms with E-state index in [1.54, 1.807) is 11.0 Å². The van der Waals surface area contributed by atoms with Gasteiger partial charge >= 0.3 is 12.1 Å². The van der Waals surface area contributed by atoms with Gasteiger partial charge in [-0.1, -0.05) is 109 Å². The summed E-state index contributed by atoms with van der Waals surface area (Å²) in [5, 5.41) is 13.9. The van der Waals surface area contributed by atoms with E-state index in [0.29, 0.717) is 11.1 Å². The number of nitrogens with zero attached hydrogens (tertiary/aromatic N) is 2. The lowest BCUT2D eigenvalue weighted by Crippen LogP contribution is -2.29. The molecule has 9 heteroatoms. The third kappa shape index (κ3) is 5.08. The Hall–Kier alpha value is -5.08. The van der Waals surface area contributed by atoms with Crippen LogP contribution >= 0.6 is 11.6 Å². The van der Waals surface area contributed by atoms with Crippen LogP contribution in [0.15, 0.2) is 114 Å². The number of benzene rings is 5. The van der Waals surface area contributed by atoms with E-state index >= 15 is 0 Å². The highest BCUT2D eigenvalue weighted by Crippen LogP contribution is 2.44. The molecule has 46 heavy (non-hydrogen) atoms. The molecule has 0 radical (unpaired) electrons. The quantitative estimate of drug-likeness (QED) is 0.198. The Morgan fingerprint density at radius 1 is 0.826 bits per heavy atom. The summed E-state index contributed by atoms with van der Waals surface area (Å²) in [5.74, 6) is -1.01. The second kappa shape index (κ2) is 11.4. The smallest absolute Gasteiger partial charge is 0.416 e. The van der Waals surface area contributed by atoms with Gasteiger partial charge < -0.3 is 10.0 Å². The molecule has 230 valence electrons. The van der Waals surface area contributed by atoms with E-state index in [0.717, 1.165) is 49.4 Å². The molecule has 6 aromatic rings. The van der Waals surface area contributed by atoms with E-state index in [1.807, 2.05) is 84.9 Å². The van der Waals surface area contributed by atoms with Gasteiger partial charge in [0.15, 0.2) is 6.04 Å². The van der Waals surface area contributed by atoms with Gasteiger partial charge in [0.25, 0.3) is 5.56 Å². The van der Waals surface area contributed by atoms with E-state index < -0.39 is 29.3 Å². The molecule has 0 aliphatic carbocycles. The van der Waals surface area contributed by atoms with Crippen LogP contribution in [0.4, 0.5) is 19.0 Å². The minimum absolute atomic E-state index is 0.0756. The highest BCUT2D eigenvalue weighted by molar-refractivity contribution is 6.32. The van der Waals surface area contributed by atoms with Gasteiger partial charge in [-0.15, -0.1) is 0 Å². The van der Waals surface area contributed by atoms with Crippen molar-refractivity contribution >= 4 is 44.9 Å². The molecule has 1 aromatic heterocycles. The van der Waals surface area contributed by atoms with Crippen molar-refractivity contribution < 1.29 is 23.1 Å². The van der Waals surface area contributed by atoms with E-state index in [2.05, 4.69) is 0 Å². The third-order valence-corrected chi connectivity index (χ3v) is 9.07. The first-order valence-corrected chi connectivity index (χ1v) is 15.0. The van der Waals surface area contributed by atoms with Crippen molar-refractivity contribution in [3.63, 3.8) is 0 Å². The zero-order chi connectivity index (χ0) is 32.2. The Morgan fingerprint density at radius 3 is 2.07 bits per heavy atom. The summed E-state index contributed by atoms with van der Waals surface area (Å²) in [7, 11) is 0. The molecule has 1 aliphatic rings. The number of carboxylic acids is 1. The summed E-state index contributed by atoms with van der Waals surface area (Å²) in [6.07, 6.45) is -4.49. The summed E-state index contributed by atoms with van der Waals surface area (Å²) < 4.78 is 43.2. The van der Waals surface area contributed by atoms with Crippen molar-refractivity contribution in [2.24, 2.45) is 0 Å². The molecule has 5 nitrogen and oxygen atoms in total. The summed E-state index contributed by atoms with van der Waals surface area (Å²) in [6, 6.07) is 30.6. The molecule has 5 aromatic carbocycles. The van der Waals surface area contributed by atoms with Gasteiger partial charge in [-0.3, -0.25) is 9.36 Å². The molecule has 2 heterocycles. The predicted octanol–water partition coefficient (Wildman–Crippen LogP) is 8.73. The maximum Gasteiger partial charge on any atom is 0.416 e. The number of rotatable bonds is 6. The number of aromatic nitrogens is 1. The molecular weight excluding hydrogens is 613 g/mol. The SMILES string of the molecule is O=C(O)C1CN(Cc2cccc3ccccc23)c2c(-c3cccc(C(F)(F)F)c3)c(Cc3cccc4ccccc34)c(Cl)c(=O)n21. The van der Waals surface area contributed by atoms with Crippen molar-refractivity contribution in [1.82, 2.24) is 4.57 Å². The molecule has 0 amide bonds. The second-order valence-electron chi connectivity index (χ2n) is 11.4. The van der Waals surface area contributed by atoms with Crippen LogP contribution in [0, 0.1) is 0 Å². The average molecular weight is 639 g/mol. The fourth-order valence-corrected chi connectivity index (χ4v) is 6.85. The van der Waals surface area contributed by atoms with Crippen molar-refractivity contribution in [3.8, 4) is 11.1 Å². The molecule has 0 saturated heterocycles. The third-order valence-electron chi connectivity index (χ3n) is 8.68. The molecule has 7 rings (SSSR count). The second-order valence-corrected chi connectivity index (χ2v) is 11.8. The highest BCUT2D eigenvalue weighted by Gasteiger charge is 2.40. The van der Waals surface area contributed by atoms with Crippen LogP contribution in [0.25, 0.3) is 32.7 Å². The maximum absolute atomic E-state index is 14.0. The lowest BCUT2D eigenvalue weighted by molar-refractivity contribution is -0.140. The van der Waals surface area contributed by atoms with Gasteiger partial charge in [0.05, 0.1) is 12.1 Å². The molecule has 1 N–H and O–H groups in total. The fraction of sp³-hybridized carbons (Fsp3) is 0.135.